The Kier molecular flexibility index (Phi) is 2.00. The van der Waals surface area contributed by atoms with Gasteiger partial charge in [-0.05, 0) is 18.4 Å². The first-order valence-electron chi connectivity index (χ1n) is 4.65. The van der Waals surface area contributed by atoms with Crippen molar-refractivity contribution >= 4 is 0 Å². The average Bonchev–Trinajstić information content (AvgIpc) is 2.76. The fourth-order valence-corrected chi connectivity index (χ4v) is 1.79. The second-order valence-corrected chi connectivity index (χ2v) is 3.85. The van der Waals surface area contributed by atoms with E-state index in [0.717, 1.165) is 0 Å². The molecule has 0 aliphatic heterocycles. The molecule has 1 aromatic rings. The summed E-state index contributed by atoms with van der Waals surface area (Å²) in [7, 11) is 1.42. The summed E-state index contributed by atoms with van der Waals surface area (Å²) in [5, 5.41) is 9.97. The van der Waals surface area contributed by atoms with Gasteiger partial charge in [0.2, 0.25) is 0 Å². The van der Waals surface area contributed by atoms with Gasteiger partial charge in [0.05, 0.1) is 12.7 Å². The van der Waals surface area contributed by atoms with Crippen LogP contribution in [0.5, 0.6) is 5.75 Å². The minimum atomic E-state index is -0.974. The van der Waals surface area contributed by atoms with Gasteiger partial charge in [0.25, 0.3) is 0 Å². The first kappa shape index (κ1) is 9.46. The highest BCUT2D eigenvalue weighted by atomic mass is 19.1. The minimum Gasteiger partial charge on any atom is -0.494 e. The van der Waals surface area contributed by atoms with Gasteiger partial charge in [0, 0.05) is 5.56 Å². The molecule has 1 aliphatic carbocycles. The SMILES string of the molecule is COc1cccc(C2(O)CC2C)c1F. The monoisotopic (exact) mass is 196 g/mol. The van der Waals surface area contributed by atoms with Gasteiger partial charge in [-0.2, -0.15) is 0 Å². The Hall–Kier alpha value is -1.09. The van der Waals surface area contributed by atoms with Gasteiger partial charge in [-0.1, -0.05) is 19.1 Å². The number of ether oxygens (including phenoxy) is 1. The lowest BCUT2D eigenvalue weighted by molar-refractivity contribution is 0.129. The van der Waals surface area contributed by atoms with Crippen LogP contribution in [0, 0.1) is 11.7 Å². The van der Waals surface area contributed by atoms with Crippen LogP contribution in [-0.2, 0) is 5.60 Å². The van der Waals surface area contributed by atoms with E-state index >= 15 is 0 Å². The van der Waals surface area contributed by atoms with Crippen LogP contribution in [0.15, 0.2) is 18.2 Å². The molecule has 0 saturated heterocycles. The van der Waals surface area contributed by atoms with Crippen LogP contribution in [-0.4, -0.2) is 12.2 Å². The van der Waals surface area contributed by atoms with E-state index < -0.39 is 11.4 Å². The molecule has 0 amide bonds. The third-order valence-corrected chi connectivity index (χ3v) is 2.92. The number of aliphatic hydroxyl groups is 1. The van der Waals surface area contributed by atoms with Crippen LogP contribution in [0.2, 0.25) is 0 Å². The maximum atomic E-state index is 13.7. The van der Waals surface area contributed by atoms with Gasteiger partial charge in [-0.15, -0.1) is 0 Å². The minimum absolute atomic E-state index is 0.129. The van der Waals surface area contributed by atoms with Crippen molar-refractivity contribution < 1.29 is 14.2 Å². The lowest BCUT2D eigenvalue weighted by atomic mass is 10.0. The van der Waals surface area contributed by atoms with E-state index in [4.69, 9.17) is 4.74 Å². The highest BCUT2D eigenvalue weighted by Gasteiger charge is 2.52. The van der Waals surface area contributed by atoms with Crippen LogP contribution < -0.4 is 4.74 Å². The predicted molar refractivity (Wildman–Crippen MR) is 50.6 cm³/mol. The van der Waals surface area contributed by atoms with Crippen LogP contribution in [0.4, 0.5) is 4.39 Å². The van der Waals surface area contributed by atoms with Gasteiger partial charge in [-0.25, -0.2) is 4.39 Å². The molecular formula is C11H13FO2. The van der Waals surface area contributed by atoms with E-state index in [-0.39, 0.29) is 11.7 Å². The zero-order chi connectivity index (χ0) is 10.3. The van der Waals surface area contributed by atoms with Gasteiger partial charge in [-0.3, -0.25) is 0 Å². The largest absolute Gasteiger partial charge is 0.494 e. The van der Waals surface area contributed by atoms with E-state index in [1.54, 1.807) is 18.2 Å². The molecule has 2 nitrogen and oxygen atoms in total. The first-order valence-corrected chi connectivity index (χ1v) is 4.65. The van der Waals surface area contributed by atoms with Crippen molar-refractivity contribution in [3.05, 3.63) is 29.6 Å². The molecule has 0 heterocycles. The third kappa shape index (κ3) is 1.20. The summed E-state index contributed by atoms with van der Waals surface area (Å²) < 4.78 is 18.6. The normalized spacial score (nSPS) is 30.1. The number of halogens is 1. The van der Waals surface area contributed by atoms with E-state index in [1.807, 2.05) is 6.92 Å². The number of methoxy groups -OCH3 is 1. The van der Waals surface area contributed by atoms with E-state index in [0.29, 0.717) is 12.0 Å². The number of benzene rings is 1. The Morgan fingerprint density at radius 2 is 2.21 bits per heavy atom. The molecule has 14 heavy (non-hydrogen) atoms. The van der Waals surface area contributed by atoms with Crippen molar-refractivity contribution in [3.63, 3.8) is 0 Å². The van der Waals surface area contributed by atoms with Crippen LogP contribution in [0.3, 0.4) is 0 Å². The summed E-state index contributed by atoms with van der Waals surface area (Å²) in [6.45, 7) is 1.90. The topological polar surface area (TPSA) is 29.5 Å². The van der Waals surface area contributed by atoms with Gasteiger partial charge in [0.1, 0.15) is 0 Å². The lowest BCUT2D eigenvalue weighted by Gasteiger charge is -2.12. The van der Waals surface area contributed by atoms with Crippen LogP contribution in [0.25, 0.3) is 0 Å². The molecule has 76 valence electrons. The zero-order valence-corrected chi connectivity index (χ0v) is 8.25. The summed E-state index contributed by atoms with van der Waals surface area (Å²) in [4.78, 5) is 0. The smallest absolute Gasteiger partial charge is 0.171 e. The molecule has 0 bridgehead atoms. The summed E-state index contributed by atoms with van der Waals surface area (Å²) in [6, 6.07) is 4.86. The van der Waals surface area contributed by atoms with Gasteiger partial charge < -0.3 is 9.84 Å². The summed E-state index contributed by atoms with van der Waals surface area (Å²) >= 11 is 0. The van der Waals surface area contributed by atoms with E-state index in [2.05, 4.69) is 0 Å². The van der Waals surface area contributed by atoms with E-state index in [1.165, 1.54) is 7.11 Å². The molecule has 0 aromatic heterocycles. The number of hydrogen-bond acceptors (Lipinski definition) is 2. The van der Waals surface area contributed by atoms with Crippen molar-refractivity contribution in [2.24, 2.45) is 5.92 Å². The van der Waals surface area contributed by atoms with Crippen molar-refractivity contribution in [1.82, 2.24) is 0 Å². The van der Waals surface area contributed by atoms with Crippen molar-refractivity contribution in [2.75, 3.05) is 7.11 Å². The van der Waals surface area contributed by atoms with Crippen LogP contribution in [0.1, 0.15) is 18.9 Å². The molecule has 1 saturated carbocycles. The Labute approximate surface area is 82.3 Å². The first-order chi connectivity index (χ1) is 6.59. The molecule has 1 N–H and O–H groups in total. The zero-order valence-electron chi connectivity index (χ0n) is 8.25. The Bertz CT molecular complexity index is 364. The molecule has 0 radical (unpaired) electrons. The number of rotatable bonds is 2. The highest BCUT2D eigenvalue weighted by Crippen LogP contribution is 2.52. The maximum absolute atomic E-state index is 13.7. The fraction of sp³-hybridized carbons (Fsp3) is 0.455. The van der Waals surface area contributed by atoms with Crippen molar-refractivity contribution in [3.8, 4) is 5.75 Å². The summed E-state index contributed by atoms with van der Waals surface area (Å²) in [5.41, 5.74) is -0.622. The lowest BCUT2D eigenvalue weighted by Crippen LogP contribution is -2.10. The van der Waals surface area contributed by atoms with Gasteiger partial charge in [0.15, 0.2) is 11.6 Å². The number of hydrogen-bond donors (Lipinski definition) is 1. The fourth-order valence-electron chi connectivity index (χ4n) is 1.79. The third-order valence-electron chi connectivity index (χ3n) is 2.92. The summed E-state index contributed by atoms with van der Waals surface area (Å²) in [6.07, 6.45) is 0.622. The van der Waals surface area contributed by atoms with Crippen molar-refractivity contribution in [2.45, 2.75) is 18.9 Å². The van der Waals surface area contributed by atoms with Gasteiger partial charge >= 0.3 is 0 Å². The Morgan fingerprint density at radius 1 is 1.57 bits per heavy atom. The quantitative estimate of drug-likeness (QED) is 0.784. The Morgan fingerprint density at radius 3 is 2.71 bits per heavy atom. The summed E-state index contributed by atoms with van der Waals surface area (Å²) in [5.74, 6) is -0.124. The molecule has 0 spiro atoms. The second kappa shape index (κ2) is 2.95. The molecule has 2 unspecified atom stereocenters. The molecule has 2 rings (SSSR count). The molecular weight excluding hydrogens is 183 g/mol. The standard InChI is InChI=1S/C11H13FO2/c1-7-6-11(7,13)8-4-3-5-9(14-2)10(8)12/h3-5,7,13H,6H2,1-2H3. The molecule has 1 aliphatic rings. The average molecular weight is 196 g/mol. The van der Waals surface area contributed by atoms with E-state index in [9.17, 15) is 9.50 Å². The Balaban J connectivity index is 2.44. The predicted octanol–water partition coefficient (Wildman–Crippen LogP) is 2.06. The molecule has 3 heteroatoms. The van der Waals surface area contributed by atoms with Crippen LogP contribution >= 0.6 is 0 Å². The molecule has 1 fully saturated rings. The highest BCUT2D eigenvalue weighted by molar-refractivity contribution is 5.38. The maximum Gasteiger partial charge on any atom is 0.171 e. The second-order valence-electron chi connectivity index (χ2n) is 3.85. The molecule has 1 aromatic carbocycles. The molecule has 2 atom stereocenters. The van der Waals surface area contributed by atoms with Crippen molar-refractivity contribution in [1.29, 1.82) is 0 Å².